The van der Waals surface area contributed by atoms with E-state index >= 15 is 0 Å². The minimum Gasteiger partial charge on any atom is -0.352 e. The van der Waals surface area contributed by atoms with E-state index in [-0.39, 0.29) is 5.91 Å². The Bertz CT molecular complexity index is 446. The predicted octanol–water partition coefficient (Wildman–Crippen LogP) is 2.58. The number of carbonyl (C=O) groups is 1. The van der Waals surface area contributed by atoms with E-state index < -0.39 is 0 Å². The van der Waals surface area contributed by atoms with Crippen molar-refractivity contribution in [2.75, 3.05) is 6.54 Å². The Morgan fingerprint density at radius 1 is 1.10 bits per heavy atom. The molecule has 1 aliphatic carbocycles. The maximum atomic E-state index is 11.3. The molecule has 1 saturated heterocycles. The highest BCUT2D eigenvalue weighted by atomic mass is 16.1. The highest BCUT2D eigenvalue weighted by Crippen LogP contribution is 2.33. The Morgan fingerprint density at radius 3 is 2.65 bits per heavy atom. The van der Waals surface area contributed by atoms with E-state index in [1.54, 1.807) is 0 Å². The molecule has 3 heteroatoms. The van der Waals surface area contributed by atoms with E-state index in [2.05, 4.69) is 41.0 Å². The molecule has 3 rings (SSSR count). The van der Waals surface area contributed by atoms with E-state index in [9.17, 15) is 4.79 Å². The van der Waals surface area contributed by atoms with Crippen LogP contribution in [0.1, 0.15) is 50.0 Å². The van der Waals surface area contributed by atoms with Crippen LogP contribution in [0.3, 0.4) is 0 Å². The molecule has 0 spiro atoms. The Morgan fingerprint density at radius 2 is 1.90 bits per heavy atom. The van der Waals surface area contributed by atoms with Gasteiger partial charge in [0.1, 0.15) is 0 Å². The van der Waals surface area contributed by atoms with Crippen molar-refractivity contribution in [3.63, 3.8) is 0 Å². The van der Waals surface area contributed by atoms with E-state index in [0.29, 0.717) is 24.4 Å². The van der Waals surface area contributed by atoms with Gasteiger partial charge in [0.25, 0.3) is 0 Å². The van der Waals surface area contributed by atoms with E-state index in [4.69, 9.17) is 0 Å². The Balaban J connectivity index is 1.59. The summed E-state index contributed by atoms with van der Waals surface area (Å²) in [6.07, 6.45) is 6.85. The molecule has 1 amide bonds. The average molecular weight is 272 g/mol. The zero-order valence-electron chi connectivity index (χ0n) is 12.0. The van der Waals surface area contributed by atoms with Crippen molar-refractivity contribution in [2.24, 2.45) is 0 Å². The summed E-state index contributed by atoms with van der Waals surface area (Å²) in [5, 5.41) is 6.76. The SMILES string of the molecule is O=C1CCC(CNC2CCCCC2c2ccccc2)N1. The molecule has 0 radical (unpaired) electrons. The standard InChI is InChI=1S/C17H24N2O/c20-17-11-10-14(19-17)12-18-16-9-5-4-8-15(16)13-6-2-1-3-7-13/h1-3,6-7,14-16,18H,4-5,8-12H2,(H,19,20). The molecule has 1 saturated carbocycles. The first-order valence-electron chi connectivity index (χ1n) is 7.90. The number of hydrogen-bond acceptors (Lipinski definition) is 2. The largest absolute Gasteiger partial charge is 0.352 e. The molecule has 2 N–H and O–H groups in total. The lowest BCUT2D eigenvalue weighted by atomic mass is 9.80. The van der Waals surface area contributed by atoms with Crippen molar-refractivity contribution in [3.8, 4) is 0 Å². The summed E-state index contributed by atoms with van der Waals surface area (Å²) < 4.78 is 0. The number of nitrogens with one attached hydrogen (secondary N) is 2. The second-order valence-electron chi connectivity index (χ2n) is 6.12. The van der Waals surface area contributed by atoms with Crippen molar-refractivity contribution >= 4 is 5.91 Å². The van der Waals surface area contributed by atoms with Gasteiger partial charge in [-0.2, -0.15) is 0 Å². The first kappa shape index (κ1) is 13.6. The Hall–Kier alpha value is -1.35. The fraction of sp³-hybridized carbons (Fsp3) is 0.588. The van der Waals surface area contributed by atoms with Gasteiger partial charge in [-0.1, -0.05) is 43.2 Å². The van der Waals surface area contributed by atoms with Crippen molar-refractivity contribution in [1.82, 2.24) is 10.6 Å². The molecule has 3 unspecified atom stereocenters. The number of carbonyl (C=O) groups excluding carboxylic acids is 1. The Labute approximate surface area is 121 Å². The zero-order valence-corrected chi connectivity index (χ0v) is 12.0. The van der Waals surface area contributed by atoms with Crippen LogP contribution in [-0.2, 0) is 4.79 Å². The third kappa shape index (κ3) is 3.21. The average Bonchev–Trinajstić information content (AvgIpc) is 2.92. The molecule has 1 aromatic rings. The van der Waals surface area contributed by atoms with Crippen LogP contribution in [0.2, 0.25) is 0 Å². The van der Waals surface area contributed by atoms with Gasteiger partial charge in [0.05, 0.1) is 0 Å². The molecule has 2 aliphatic rings. The van der Waals surface area contributed by atoms with Crippen LogP contribution in [0, 0.1) is 0 Å². The molecule has 1 aromatic carbocycles. The maximum absolute atomic E-state index is 11.3. The second kappa shape index (κ2) is 6.40. The zero-order chi connectivity index (χ0) is 13.8. The molecule has 20 heavy (non-hydrogen) atoms. The molecular formula is C17H24N2O. The second-order valence-corrected chi connectivity index (χ2v) is 6.12. The van der Waals surface area contributed by atoms with Gasteiger partial charge in [-0.05, 0) is 30.7 Å². The third-order valence-corrected chi connectivity index (χ3v) is 4.71. The van der Waals surface area contributed by atoms with Crippen LogP contribution >= 0.6 is 0 Å². The van der Waals surface area contributed by atoms with E-state index in [1.807, 2.05) is 0 Å². The summed E-state index contributed by atoms with van der Waals surface area (Å²) in [6.45, 7) is 0.916. The highest BCUT2D eigenvalue weighted by Gasteiger charge is 2.28. The van der Waals surface area contributed by atoms with Gasteiger partial charge in [-0.15, -0.1) is 0 Å². The fourth-order valence-electron chi connectivity index (χ4n) is 3.60. The van der Waals surface area contributed by atoms with Crippen LogP contribution in [0.4, 0.5) is 0 Å². The normalized spacial score (nSPS) is 30.2. The van der Waals surface area contributed by atoms with Crippen LogP contribution in [0.15, 0.2) is 30.3 Å². The summed E-state index contributed by atoms with van der Waals surface area (Å²) in [5.41, 5.74) is 1.46. The van der Waals surface area contributed by atoms with Gasteiger partial charge in [0.2, 0.25) is 5.91 Å². The van der Waals surface area contributed by atoms with Crippen LogP contribution in [0.5, 0.6) is 0 Å². The molecule has 1 aliphatic heterocycles. The third-order valence-electron chi connectivity index (χ3n) is 4.71. The summed E-state index contributed by atoms with van der Waals surface area (Å²) in [5.74, 6) is 0.835. The van der Waals surface area contributed by atoms with Crippen molar-refractivity contribution < 1.29 is 4.79 Å². The van der Waals surface area contributed by atoms with Crippen LogP contribution < -0.4 is 10.6 Å². The van der Waals surface area contributed by atoms with Crippen LogP contribution in [0.25, 0.3) is 0 Å². The smallest absolute Gasteiger partial charge is 0.220 e. The first-order valence-corrected chi connectivity index (χ1v) is 7.90. The monoisotopic (exact) mass is 272 g/mol. The van der Waals surface area contributed by atoms with Gasteiger partial charge < -0.3 is 10.6 Å². The topological polar surface area (TPSA) is 41.1 Å². The van der Waals surface area contributed by atoms with Crippen molar-refractivity contribution in [1.29, 1.82) is 0 Å². The van der Waals surface area contributed by atoms with E-state index in [0.717, 1.165) is 13.0 Å². The molecule has 0 aromatic heterocycles. The maximum Gasteiger partial charge on any atom is 0.220 e. The molecule has 3 nitrogen and oxygen atoms in total. The molecular weight excluding hydrogens is 248 g/mol. The van der Waals surface area contributed by atoms with Gasteiger partial charge in [-0.3, -0.25) is 4.79 Å². The quantitative estimate of drug-likeness (QED) is 0.884. The van der Waals surface area contributed by atoms with Crippen molar-refractivity contribution in [3.05, 3.63) is 35.9 Å². The number of amides is 1. The molecule has 2 fully saturated rings. The lowest BCUT2D eigenvalue weighted by molar-refractivity contribution is -0.119. The van der Waals surface area contributed by atoms with Crippen molar-refractivity contribution in [2.45, 2.75) is 56.5 Å². The molecule has 0 bridgehead atoms. The number of benzene rings is 1. The predicted molar refractivity (Wildman–Crippen MR) is 80.6 cm³/mol. The minimum absolute atomic E-state index is 0.208. The van der Waals surface area contributed by atoms with Crippen LogP contribution in [-0.4, -0.2) is 24.5 Å². The van der Waals surface area contributed by atoms with Gasteiger partial charge >= 0.3 is 0 Å². The fourth-order valence-corrected chi connectivity index (χ4v) is 3.60. The molecule has 108 valence electrons. The lowest BCUT2D eigenvalue weighted by Gasteiger charge is -2.33. The highest BCUT2D eigenvalue weighted by molar-refractivity contribution is 5.78. The van der Waals surface area contributed by atoms with Gasteiger partial charge in [-0.25, -0.2) is 0 Å². The number of rotatable bonds is 4. The van der Waals surface area contributed by atoms with E-state index in [1.165, 1.54) is 31.2 Å². The summed E-state index contributed by atoms with van der Waals surface area (Å²) in [7, 11) is 0. The lowest BCUT2D eigenvalue weighted by Crippen LogP contribution is -2.44. The molecule has 3 atom stereocenters. The van der Waals surface area contributed by atoms with Gasteiger partial charge in [0.15, 0.2) is 0 Å². The summed E-state index contributed by atoms with van der Waals surface area (Å²) in [4.78, 5) is 11.3. The van der Waals surface area contributed by atoms with Gasteiger partial charge in [0, 0.05) is 25.0 Å². The summed E-state index contributed by atoms with van der Waals surface area (Å²) >= 11 is 0. The first-order chi connectivity index (χ1) is 9.83. The Kier molecular flexibility index (Phi) is 4.36. The summed E-state index contributed by atoms with van der Waals surface area (Å²) in [6, 6.07) is 11.8. The number of hydrogen-bond donors (Lipinski definition) is 2. The minimum atomic E-state index is 0.208. The molecule has 1 heterocycles.